The number of hydrogen-bond donors (Lipinski definition) is 2. The second-order valence-corrected chi connectivity index (χ2v) is 6.48. The smallest absolute Gasteiger partial charge is 0.232 e. The van der Waals surface area contributed by atoms with Gasteiger partial charge in [-0.25, -0.2) is 0 Å². The van der Waals surface area contributed by atoms with E-state index in [-0.39, 0.29) is 16.9 Å². The third kappa shape index (κ3) is 5.12. The van der Waals surface area contributed by atoms with Crippen molar-refractivity contribution in [2.45, 2.75) is 39.7 Å². The van der Waals surface area contributed by atoms with Gasteiger partial charge in [0.25, 0.3) is 0 Å². The van der Waals surface area contributed by atoms with Gasteiger partial charge in [0, 0.05) is 28.9 Å². The van der Waals surface area contributed by atoms with Crippen molar-refractivity contribution in [2.75, 3.05) is 12.0 Å². The lowest BCUT2D eigenvalue weighted by Crippen LogP contribution is -2.49. The van der Waals surface area contributed by atoms with Crippen LogP contribution in [0.3, 0.4) is 0 Å². The van der Waals surface area contributed by atoms with Crippen LogP contribution in [0.2, 0.25) is 0 Å². The van der Waals surface area contributed by atoms with Crippen LogP contribution >= 0.6 is 12.2 Å². The van der Waals surface area contributed by atoms with E-state index >= 15 is 0 Å². The standard InChI is InChI=1S/C11H22N2O2S2/c1-5-11(3,9(12)16)10(14)13-8(2)6-7-17(4)15/h8H,5-7H2,1-4H3,(H2,12,16)(H,13,14). The fraction of sp³-hybridized carbons (Fsp3) is 0.818. The summed E-state index contributed by atoms with van der Waals surface area (Å²) in [5, 5.41) is 2.87. The molecule has 100 valence electrons. The number of carbonyl (C=O) groups is 1. The topological polar surface area (TPSA) is 72.2 Å². The summed E-state index contributed by atoms with van der Waals surface area (Å²) in [4.78, 5) is 12.2. The van der Waals surface area contributed by atoms with Crippen LogP contribution in [0.4, 0.5) is 0 Å². The van der Waals surface area contributed by atoms with Crippen LogP contribution in [0.25, 0.3) is 0 Å². The Morgan fingerprint density at radius 3 is 2.47 bits per heavy atom. The zero-order valence-electron chi connectivity index (χ0n) is 10.9. The van der Waals surface area contributed by atoms with Gasteiger partial charge < -0.3 is 11.1 Å². The molecule has 0 rings (SSSR count). The predicted octanol–water partition coefficient (Wildman–Crippen LogP) is 0.962. The molecule has 3 atom stereocenters. The van der Waals surface area contributed by atoms with Crippen molar-refractivity contribution >= 4 is 33.9 Å². The Kier molecular flexibility index (Phi) is 6.85. The molecule has 0 fully saturated rings. The fourth-order valence-corrected chi connectivity index (χ4v) is 2.17. The molecule has 0 aromatic rings. The van der Waals surface area contributed by atoms with E-state index in [9.17, 15) is 9.00 Å². The van der Waals surface area contributed by atoms with Gasteiger partial charge in [0.05, 0.1) is 10.4 Å². The summed E-state index contributed by atoms with van der Waals surface area (Å²) in [6.07, 6.45) is 2.91. The van der Waals surface area contributed by atoms with Gasteiger partial charge in [-0.3, -0.25) is 9.00 Å². The first-order valence-corrected chi connectivity index (χ1v) is 7.78. The molecule has 17 heavy (non-hydrogen) atoms. The Bertz CT molecular complexity index is 321. The number of thiocarbonyl (C=S) groups is 1. The van der Waals surface area contributed by atoms with Crippen molar-refractivity contribution in [1.82, 2.24) is 5.32 Å². The summed E-state index contributed by atoms with van der Waals surface area (Å²) in [5.41, 5.74) is 4.81. The number of rotatable bonds is 7. The van der Waals surface area contributed by atoms with Crippen LogP contribution in [0.1, 0.15) is 33.6 Å². The Morgan fingerprint density at radius 1 is 1.59 bits per heavy atom. The number of amides is 1. The highest BCUT2D eigenvalue weighted by Crippen LogP contribution is 2.22. The summed E-state index contributed by atoms with van der Waals surface area (Å²) in [5.74, 6) is 0.430. The van der Waals surface area contributed by atoms with Gasteiger partial charge >= 0.3 is 0 Å². The summed E-state index contributed by atoms with van der Waals surface area (Å²) >= 11 is 4.93. The third-order valence-corrected chi connectivity index (χ3v) is 4.23. The molecule has 1 amide bonds. The van der Waals surface area contributed by atoms with E-state index in [1.807, 2.05) is 13.8 Å². The van der Waals surface area contributed by atoms with Crippen molar-refractivity contribution in [3.8, 4) is 0 Å². The highest BCUT2D eigenvalue weighted by molar-refractivity contribution is 7.84. The normalized spacial score (nSPS) is 17.9. The SMILES string of the molecule is CCC(C)(C(=O)NC(C)CCS(C)=O)C(N)=S. The second kappa shape index (κ2) is 7.06. The second-order valence-electron chi connectivity index (χ2n) is 4.49. The lowest BCUT2D eigenvalue weighted by atomic mass is 9.86. The van der Waals surface area contributed by atoms with Gasteiger partial charge in [0.1, 0.15) is 0 Å². The summed E-state index contributed by atoms with van der Waals surface area (Å²) < 4.78 is 11.0. The molecule has 0 aliphatic rings. The van der Waals surface area contributed by atoms with E-state index in [0.29, 0.717) is 18.6 Å². The molecule has 0 aromatic heterocycles. The minimum atomic E-state index is -0.834. The van der Waals surface area contributed by atoms with Crippen LogP contribution in [-0.2, 0) is 15.6 Å². The molecule has 0 spiro atoms. The number of hydrogen-bond acceptors (Lipinski definition) is 3. The molecular weight excluding hydrogens is 256 g/mol. The molecule has 0 bridgehead atoms. The highest BCUT2D eigenvalue weighted by atomic mass is 32.2. The molecule has 0 aliphatic carbocycles. The maximum Gasteiger partial charge on any atom is 0.232 e. The Morgan fingerprint density at radius 2 is 2.12 bits per heavy atom. The summed E-state index contributed by atoms with van der Waals surface area (Å²) in [6.45, 7) is 5.51. The summed E-state index contributed by atoms with van der Waals surface area (Å²) in [6, 6.07) is -0.0216. The van der Waals surface area contributed by atoms with Gasteiger partial charge in [0.2, 0.25) is 5.91 Å². The molecule has 0 saturated heterocycles. The lowest BCUT2D eigenvalue weighted by molar-refractivity contribution is -0.127. The summed E-state index contributed by atoms with van der Waals surface area (Å²) in [7, 11) is -0.834. The average molecular weight is 278 g/mol. The first kappa shape index (κ1) is 16.5. The van der Waals surface area contributed by atoms with Gasteiger partial charge in [-0.15, -0.1) is 0 Å². The van der Waals surface area contributed by atoms with Crippen LogP contribution < -0.4 is 11.1 Å². The molecular formula is C11H22N2O2S2. The predicted molar refractivity (Wildman–Crippen MR) is 76.3 cm³/mol. The Hall–Kier alpha value is -0.490. The van der Waals surface area contributed by atoms with E-state index < -0.39 is 16.2 Å². The Labute approximate surface area is 111 Å². The highest BCUT2D eigenvalue weighted by Gasteiger charge is 2.34. The average Bonchev–Trinajstić information content (AvgIpc) is 2.24. The minimum absolute atomic E-state index is 0.0216. The number of carbonyl (C=O) groups excluding carboxylic acids is 1. The zero-order valence-corrected chi connectivity index (χ0v) is 12.5. The maximum absolute atomic E-state index is 12.0. The van der Waals surface area contributed by atoms with Crippen LogP contribution in [-0.4, -0.2) is 33.2 Å². The molecule has 4 nitrogen and oxygen atoms in total. The van der Waals surface area contributed by atoms with Gasteiger partial charge in [0.15, 0.2) is 0 Å². The molecule has 0 saturated carbocycles. The van der Waals surface area contributed by atoms with E-state index in [0.717, 1.165) is 0 Å². The van der Waals surface area contributed by atoms with Gasteiger partial charge in [-0.2, -0.15) is 0 Å². The van der Waals surface area contributed by atoms with E-state index in [1.54, 1.807) is 13.2 Å². The molecule has 3 unspecified atom stereocenters. The van der Waals surface area contributed by atoms with Gasteiger partial charge in [-0.05, 0) is 26.7 Å². The van der Waals surface area contributed by atoms with Crippen molar-refractivity contribution in [2.24, 2.45) is 11.1 Å². The number of nitrogens with two attached hydrogens (primary N) is 1. The van der Waals surface area contributed by atoms with Crippen molar-refractivity contribution in [3.63, 3.8) is 0 Å². The monoisotopic (exact) mass is 278 g/mol. The van der Waals surface area contributed by atoms with Crippen LogP contribution in [0.15, 0.2) is 0 Å². The molecule has 0 aromatic carbocycles. The molecule has 0 aliphatic heterocycles. The molecule has 0 heterocycles. The first-order chi connectivity index (χ1) is 7.74. The fourth-order valence-electron chi connectivity index (χ4n) is 1.24. The Balaban J connectivity index is 4.42. The van der Waals surface area contributed by atoms with E-state index in [1.165, 1.54) is 0 Å². The molecule has 3 N–H and O–H groups in total. The molecule has 0 radical (unpaired) electrons. The lowest BCUT2D eigenvalue weighted by Gasteiger charge is -2.27. The van der Waals surface area contributed by atoms with Crippen LogP contribution in [0.5, 0.6) is 0 Å². The largest absolute Gasteiger partial charge is 0.392 e. The van der Waals surface area contributed by atoms with Crippen LogP contribution in [0, 0.1) is 5.41 Å². The minimum Gasteiger partial charge on any atom is -0.392 e. The van der Waals surface area contributed by atoms with Crippen molar-refractivity contribution in [3.05, 3.63) is 0 Å². The maximum atomic E-state index is 12.0. The molecule has 6 heteroatoms. The number of nitrogens with one attached hydrogen (secondary N) is 1. The third-order valence-electron chi connectivity index (χ3n) is 2.97. The van der Waals surface area contributed by atoms with Gasteiger partial charge in [-0.1, -0.05) is 19.1 Å². The van der Waals surface area contributed by atoms with E-state index in [4.69, 9.17) is 18.0 Å². The van der Waals surface area contributed by atoms with E-state index in [2.05, 4.69) is 5.32 Å². The van der Waals surface area contributed by atoms with Crippen molar-refractivity contribution < 1.29 is 9.00 Å². The zero-order chi connectivity index (χ0) is 13.6. The first-order valence-electron chi connectivity index (χ1n) is 5.65. The quantitative estimate of drug-likeness (QED) is 0.681. The van der Waals surface area contributed by atoms with Crippen molar-refractivity contribution in [1.29, 1.82) is 0 Å².